The van der Waals surface area contributed by atoms with Gasteiger partial charge in [-0.2, -0.15) is 0 Å². The van der Waals surface area contributed by atoms with Gasteiger partial charge < -0.3 is 0 Å². The van der Waals surface area contributed by atoms with Crippen molar-refractivity contribution >= 4 is 17.1 Å². The van der Waals surface area contributed by atoms with Crippen LogP contribution in [-0.4, -0.2) is 10.8 Å². The van der Waals surface area contributed by atoms with Gasteiger partial charge in [-0.15, -0.1) is 11.3 Å². The van der Waals surface area contributed by atoms with Gasteiger partial charge in [0.1, 0.15) is 10.8 Å². The third-order valence-corrected chi connectivity index (χ3v) is 7.09. The molecule has 1 heterocycles. The van der Waals surface area contributed by atoms with E-state index < -0.39 is 0 Å². The summed E-state index contributed by atoms with van der Waals surface area (Å²) < 4.78 is 0. The first-order valence-electron chi connectivity index (χ1n) is 8.00. The lowest BCUT2D eigenvalue weighted by atomic mass is 9.48. The highest BCUT2D eigenvalue weighted by molar-refractivity contribution is 7.11. The van der Waals surface area contributed by atoms with Gasteiger partial charge in [0.25, 0.3) is 0 Å². The van der Waals surface area contributed by atoms with E-state index in [1.54, 1.807) is 11.3 Å². The zero-order valence-corrected chi connectivity index (χ0v) is 13.3. The van der Waals surface area contributed by atoms with Gasteiger partial charge in [0.05, 0.1) is 12.1 Å². The SMILES string of the molecule is Cc1nc(CC(=O)C23CC4CC(CC(C4)C2)C3)sc1C. The maximum Gasteiger partial charge on any atom is 0.145 e. The first-order valence-corrected chi connectivity index (χ1v) is 8.82. The smallest absolute Gasteiger partial charge is 0.145 e. The number of aryl methyl sites for hydroxylation is 2. The Hall–Kier alpha value is -0.700. The minimum atomic E-state index is 0.0439. The zero-order valence-electron chi connectivity index (χ0n) is 12.4. The third-order valence-electron chi connectivity index (χ3n) is 6.01. The molecule has 108 valence electrons. The average molecular weight is 289 g/mol. The van der Waals surface area contributed by atoms with E-state index >= 15 is 0 Å². The van der Waals surface area contributed by atoms with Crippen molar-refractivity contribution in [2.24, 2.45) is 23.2 Å². The van der Waals surface area contributed by atoms with Crippen molar-refractivity contribution in [3.8, 4) is 0 Å². The molecular formula is C17H23NOS. The van der Waals surface area contributed by atoms with Crippen molar-refractivity contribution in [3.05, 3.63) is 15.6 Å². The molecule has 0 unspecified atom stereocenters. The Kier molecular flexibility index (Phi) is 2.86. The molecule has 4 aliphatic rings. The van der Waals surface area contributed by atoms with E-state index in [-0.39, 0.29) is 5.41 Å². The summed E-state index contributed by atoms with van der Waals surface area (Å²) in [6, 6.07) is 0. The zero-order chi connectivity index (χ0) is 13.9. The Labute approximate surface area is 125 Å². The van der Waals surface area contributed by atoms with Gasteiger partial charge in [0.15, 0.2) is 0 Å². The summed E-state index contributed by atoms with van der Waals surface area (Å²) in [5.74, 6) is 3.06. The van der Waals surface area contributed by atoms with Gasteiger partial charge in [0.2, 0.25) is 0 Å². The molecule has 5 rings (SSSR count). The van der Waals surface area contributed by atoms with Gasteiger partial charge in [-0.25, -0.2) is 4.98 Å². The molecule has 4 aliphatic carbocycles. The van der Waals surface area contributed by atoms with Crippen LogP contribution >= 0.6 is 11.3 Å². The quantitative estimate of drug-likeness (QED) is 0.839. The molecule has 0 aromatic carbocycles. The van der Waals surface area contributed by atoms with Crippen LogP contribution in [0.15, 0.2) is 0 Å². The number of Topliss-reactive ketones (excluding diaryl/α,β-unsaturated/α-hetero) is 1. The van der Waals surface area contributed by atoms with Crippen molar-refractivity contribution in [1.82, 2.24) is 4.98 Å². The fourth-order valence-electron chi connectivity index (χ4n) is 5.39. The van der Waals surface area contributed by atoms with E-state index in [9.17, 15) is 4.79 Å². The summed E-state index contributed by atoms with van der Waals surface area (Å²) in [6.07, 6.45) is 8.35. The maximum absolute atomic E-state index is 13.0. The lowest BCUT2D eigenvalue weighted by molar-refractivity contribution is -0.143. The number of hydrogen-bond donors (Lipinski definition) is 0. The topological polar surface area (TPSA) is 30.0 Å². The van der Waals surface area contributed by atoms with Gasteiger partial charge in [0, 0.05) is 10.3 Å². The van der Waals surface area contributed by atoms with Gasteiger partial charge >= 0.3 is 0 Å². The monoisotopic (exact) mass is 289 g/mol. The average Bonchev–Trinajstić information content (AvgIpc) is 2.66. The van der Waals surface area contributed by atoms with Gasteiger partial charge in [-0.3, -0.25) is 4.79 Å². The predicted molar refractivity (Wildman–Crippen MR) is 80.9 cm³/mol. The van der Waals surface area contributed by atoms with Crippen molar-refractivity contribution < 1.29 is 4.79 Å². The first-order chi connectivity index (χ1) is 9.54. The number of aromatic nitrogens is 1. The van der Waals surface area contributed by atoms with Crippen LogP contribution in [0.4, 0.5) is 0 Å². The van der Waals surface area contributed by atoms with Crippen molar-refractivity contribution in [1.29, 1.82) is 0 Å². The number of rotatable bonds is 3. The van der Waals surface area contributed by atoms with Crippen LogP contribution in [0.1, 0.15) is 54.1 Å². The fourth-order valence-corrected chi connectivity index (χ4v) is 6.32. The molecule has 0 saturated heterocycles. The van der Waals surface area contributed by atoms with Crippen LogP contribution in [0.25, 0.3) is 0 Å². The minimum Gasteiger partial charge on any atom is -0.299 e. The lowest BCUT2D eigenvalue weighted by Gasteiger charge is -2.56. The molecule has 0 amide bonds. The van der Waals surface area contributed by atoms with E-state index in [0.29, 0.717) is 12.2 Å². The number of carbonyl (C=O) groups excluding carboxylic acids is 1. The Morgan fingerprint density at radius 1 is 1.15 bits per heavy atom. The lowest BCUT2D eigenvalue weighted by Crippen LogP contribution is -2.50. The number of hydrogen-bond acceptors (Lipinski definition) is 3. The molecule has 2 nitrogen and oxygen atoms in total. The second-order valence-electron chi connectivity index (χ2n) is 7.55. The van der Waals surface area contributed by atoms with E-state index in [2.05, 4.69) is 11.9 Å². The summed E-state index contributed by atoms with van der Waals surface area (Å²) in [6.45, 7) is 4.15. The van der Waals surface area contributed by atoms with Crippen molar-refractivity contribution in [3.63, 3.8) is 0 Å². The van der Waals surface area contributed by atoms with Crippen LogP contribution in [0, 0.1) is 37.0 Å². The molecule has 20 heavy (non-hydrogen) atoms. The van der Waals surface area contributed by atoms with E-state index in [1.165, 1.54) is 43.4 Å². The Bertz CT molecular complexity index is 505. The summed E-state index contributed by atoms with van der Waals surface area (Å²) in [4.78, 5) is 18.8. The Morgan fingerprint density at radius 2 is 1.70 bits per heavy atom. The number of thiazole rings is 1. The van der Waals surface area contributed by atoms with E-state index in [1.807, 2.05) is 6.92 Å². The molecule has 4 saturated carbocycles. The molecule has 0 radical (unpaired) electrons. The Balaban J connectivity index is 1.56. The Morgan fingerprint density at radius 3 is 2.15 bits per heavy atom. The van der Waals surface area contributed by atoms with Crippen LogP contribution in [-0.2, 0) is 11.2 Å². The molecule has 4 bridgehead atoms. The summed E-state index contributed by atoms with van der Waals surface area (Å²) in [5, 5.41) is 1.04. The van der Waals surface area contributed by atoms with Gasteiger partial charge in [-0.05, 0) is 70.1 Å². The summed E-state index contributed by atoms with van der Waals surface area (Å²) in [5.41, 5.74) is 1.14. The maximum atomic E-state index is 13.0. The number of carbonyl (C=O) groups is 1. The van der Waals surface area contributed by atoms with E-state index in [0.717, 1.165) is 28.5 Å². The van der Waals surface area contributed by atoms with E-state index in [4.69, 9.17) is 0 Å². The fraction of sp³-hybridized carbons (Fsp3) is 0.765. The molecular weight excluding hydrogens is 266 g/mol. The molecule has 1 aromatic heterocycles. The van der Waals surface area contributed by atoms with Crippen LogP contribution in [0.3, 0.4) is 0 Å². The third kappa shape index (κ3) is 1.97. The number of nitrogens with zero attached hydrogens (tertiary/aromatic N) is 1. The molecule has 0 aliphatic heterocycles. The molecule has 0 atom stereocenters. The second-order valence-corrected chi connectivity index (χ2v) is 8.83. The van der Waals surface area contributed by atoms with Crippen LogP contribution in [0.5, 0.6) is 0 Å². The molecule has 4 fully saturated rings. The number of ketones is 1. The molecule has 3 heteroatoms. The van der Waals surface area contributed by atoms with Gasteiger partial charge in [-0.1, -0.05) is 0 Å². The summed E-state index contributed by atoms with van der Waals surface area (Å²) in [7, 11) is 0. The highest BCUT2D eigenvalue weighted by atomic mass is 32.1. The van der Waals surface area contributed by atoms with Crippen LogP contribution in [0.2, 0.25) is 0 Å². The standard InChI is InChI=1S/C17H23NOS/c1-10-11(2)20-16(18-10)6-15(19)17-7-12-3-13(8-17)5-14(4-12)9-17/h12-14H,3-9H2,1-2H3. The van der Waals surface area contributed by atoms with Crippen molar-refractivity contribution in [2.45, 2.75) is 58.8 Å². The molecule has 1 aromatic rings. The van der Waals surface area contributed by atoms with Crippen LogP contribution < -0.4 is 0 Å². The summed E-state index contributed by atoms with van der Waals surface area (Å²) >= 11 is 1.71. The first kappa shape index (κ1) is 13.0. The highest BCUT2D eigenvalue weighted by Gasteiger charge is 2.54. The van der Waals surface area contributed by atoms with Crippen molar-refractivity contribution in [2.75, 3.05) is 0 Å². The second kappa shape index (κ2) is 4.40. The molecule has 0 spiro atoms. The largest absolute Gasteiger partial charge is 0.299 e. The normalized spacial score (nSPS) is 38.4. The molecule has 0 N–H and O–H groups in total. The predicted octanol–water partition coefficient (Wildman–Crippen LogP) is 4.09. The highest BCUT2D eigenvalue weighted by Crippen LogP contribution is 2.60. The minimum absolute atomic E-state index is 0.0439.